The molecule has 2 rings (SSSR count). The average Bonchev–Trinajstić information content (AvgIpc) is 2.58. The molecule has 1 aliphatic heterocycles. The van der Waals surface area contributed by atoms with Gasteiger partial charge >= 0.3 is 0 Å². The smallest absolute Gasteiger partial charge is 0.261 e. The second kappa shape index (κ2) is 5.97. The maximum absolute atomic E-state index is 12.5. The van der Waals surface area contributed by atoms with Crippen molar-refractivity contribution in [1.82, 2.24) is 4.90 Å². The van der Waals surface area contributed by atoms with Gasteiger partial charge in [0, 0.05) is 29.3 Å². The molecule has 0 aliphatic carbocycles. The number of rotatable bonds is 2. The van der Waals surface area contributed by atoms with Crippen LogP contribution in [0.3, 0.4) is 0 Å². The summed E-state index contributed by atoms with van der Waals surface area (Å²) in [5.41, 5.74) is 0.768. The molecule has 1 aromatic rings. The van der Waals surface area contributed by atoms with Gasteiger partial charge in [-0.15, -0.1) is 0 Å². The zero-order valence-electron chi connectivity index (χ0n) is 12.3. The van der Waals surface area contributed by atoms with Crippen LogP contribution in [0.1, 0.15) is 43.5 Å². The van der Waals surface area contributed by atoms with Crippen LogP contribution in [-0.2, 0) is 9.05 Å². The minimum Gasteiger partial charge on any atom is -0.339 e. The first-order valence-corrected chi connectivity index (χ1v) is 9.34. The lowest BCUT2D eigenvalue weighted by Crippen LogP contribution is -2.32. The Balaban J connectivity index is 2.13. The lowest BCUT2D eigenvalue weighted by atomic mass is 9.85. The van der Waals surface area contributed by atoms with E-state index in [9.17, 15) is 13.2 Å². The number of halogens is 1. The maximum atomic E-state index is 12.5. The lowest BCUT2D eigenvalue weighted by molar-refractivity contribution is 0.0757. The van der Waals surface area contributed by atoms with Crippen LogP contribution in [-0.4, -0.2) is 32.3 Å². The molecule has 0 radical (unpaired) electrons. The predicted molar refractivity (Wildman–Crippen MR) is 83.0 cm³/mol. The third-order valence-electron chi connectivity index (χ3n) is 4.01. The molecular formula is C15H20ClNO3S. The van der Waals surface area contributed by atoms with E-state index in [1.54, 1.807) is 0 Å². The van der Waals surface area contributed by atoms with E-state index < -0.39 is 9.05 Å². The Bertz CT molecular complexity index is 623. The second-order valence-corrected chi connectivity index (χ2v) is 8.84. The number of likely N-dealkylation sites (tertiary alicyclic amines) is 1. The van der Waals surface area contributed by atoms with Gasteiger partial charge in [-0.2, -0.15) is 0 Å². The summed E-state index contributed by atoms with van der Waals surface area (Å²) in [5, 5.41) is 0. The van der Waals surface area contributed by atoms with E-state index in [-0.39, 0.29) is 16.2 Å². The highest BCUT2D eigenvalue weighted by Crippen LogP contribution is 2.30. The zero-order chi connectivity index (χ0) is 15.7. The van der Waals surface area contributed by atoms with Crippen molar-refractivity contribution in [1.29, 1.82) is 0 Å². The van der Waals surface area contributed by atoms with Crippen LogP contribution >= 0.6 is 10.7 Å². The summed E-state index contributed by atoms with van der Waals surface area (Å²) >= 11 is 0. The van der Waals surface area contributed by atoms with Crippen molar-refractivity contribution >= 4 is 25.6 Å². The van der Waals surface area contributed by atoms with E-state index in [0.717, 1.165) is 32.4 Å². The summed E-state index contributed by atoms with van der Waals surface area (Å²) in [6.45, 7) is 5.93. The van der Waals surface area contributed by atoms with E-state index in [4.69, 9.17) is 10.7 Å². The molecule has 1 amide bonds. The molecule has 1 saturated heterocycles. The van der Waals surface area contributed by atoms with Crippen molar-refractivity contribution in [2.24, 2.45) is 5.41 Å². The van der Waals surface area contributed by atoms with Crippen LogP contribution in [0.5, 0.6) is 0 Å². The first-order valence-electron chi connectivity index (χ1n) is 7.03. The quantitative estimate of drug-likeness (QED) is 0.782. The van der Waals surface area contributed by atoms with Crippen LogP contribution in [0.15, 0.2) is 29.2 Å². The van der Waals surface area contributed by atoms with Gasteiger partial charge in [-0.05, 0) is 48.9 Å². The second-order valence-electron chi connectivity index (χ2n) is 6.27. The van der Waals surface area contributed by atoms with Crippen molar-refractivity contribution in [3.05, 3.63) is 29.8 Å². The van der Waals surface area contributed by atoms with Crippen molar-refractivity contribution < 1.29 is 13.2 Å². The number of carbonyl (C=O) groups is 1. The Morgan fingerprint density at radius 2 is 1.76 bits per heavy atom. The van der Waals surface area contributed by atoms with Gasteiger partial charge in [0.05, 0.1) is 4.90 Å². The third-order valence-corrected chi connectivity index (χ3v) is 5.38. The first-order chi connectivity index (χ1) is 9.69. The summed E-state index contributed by atoms with van der Waals surface area (Å²) in [7, 11) is 1.52. The summed E-state index contributed by atoms with van der Waals surface area (Å²) in [6.07, 6.45) is 3.08. The minimum absolute atomic E-state index is 0.0118. The molecular weight excluding hydrogens is 310 g/mol. The molecule has 1 heterocycles. The first kappa shape index (κ1) is 16.3. The van der Waals surface area contributed by atoms with Crippen molar-refractivity contribution in [3.63, 3.8) is 0 Å². The molecule has 4 nitrogen and oxygen atoms in total. The largest absolute Gasteiger partial charge is 0.339 e. The van der Waals surface area contributed by atoms with E-state index in [1.807, 2.05) is 4.90 Å². The van der Waals surface area contributed by atoms with Crippen molar-refractivity contribution in [3.8, 4) is 0 Å². The molecule has 0 N–H and O–H groups in total. The Labute approximate surface area is 130 Å². The fourth-order valence-corrected chi connectivity index (χ4v) is 3.34. The monoisotopic (exact) mass is 329 g/mol. The zero-order valence-corrected chi connectivity index (χ0v) is 13.9. The van der Waals surface area contributed by atoms with Gasteiger partial charge in [0.15, 0.2) is 0 Å². The van der Waals surface area contributed by atoms with Crippen LogP contribution in [0, 0.1) is 5.41 Å². The number of nitrogens with zero attached hydrogens (tertiary/aromatic N) is 1. The normalized spacial score (nSPS) is 19.1. The van der Waals surface area contributed by atoms with Crippen LogP contribution in [0.4, 0.5) is 0 Å². The molecule has 21 heavy (non-hydrogen) atoms. The molecule has 1 aromatic carbocycles. The molecule has 0 spiro atoms. The van der Waals surface area contributed by atoms with Gasteiger partial charge in [-0.1, -0.05) is 13.8 Å². The van der Waals surface area contributed by atoms with Crippen molar-refractivity contribution in [2.75, 3.05) is 13.1 Å². The number of carbonyl (C=O) groups excluding carboxylic acids is 1. The summed E-state index contributed by atoms with van der Waals surface area (Å²) < 4.78 is 22.4. The molecule has 0 bridgehead atoms. The van der Waals surface area contributed by atoms with Gasteiger partial charge in [0.2, 0.25) is 0 Å². The van der Waals surface area contributed by atoms with Crippen molar-refractivity contribution in [2.45, 2.75) is 38.0 Å². The molecule has 1 aliphatic rings. The number of amides is 1. The molecule has 116 valence electrons. The van der Waals surface area contributed by atoms with Gasteiger partial charge < -0.3 is 4.90 Å². The summed E-state index contributed by atoms with van der Waals surface area (Å²) in [6, 6.07) is 5.79. The number of hydrogen-bond acceptors (Lipinski definition) is 3. The van der Waals surface area contributed by atoms with E-state index in [2.05, 4.69) is 13.8 Å². The average molecular weight is 330 g/mol. The van der Waals surface area contributed by atoms with Crippen LogP contribution in [0.2, 0.25) is 0 Å². The van der Waals surface area contributed by atoms with Gasteiger partial charge in [-0.3, -0.25) is 4.79 Å². The van der Waals surface area contributed by atoms with Gasteiger partial charge in [0.1, 0.15) is 0 Å². The standard InChI is InChI=1S/C15H20ClNO3S/c1-15(2)8-3-10-17(11-9-15)14(18)12-4-6-13(7-5-12)21(16,19)20/h4-7H,3,8-11H2,1-2H3. The number of hydrogen-bond donors (Lipinski definition) is 0. The SMILES string of the molecule is CC1(C)CCCN(C(=O)c2ccc(S(=O)(=O)Cl)cc2)CC1. The Kier molecular flexibility index (Phi) is 4.63. The van der Waals surface area contributed by atoms with Crippen LogP contribution < -0.4 is 0 Å². The Hall–Kier alpha value is -1.07. The van der Waals surface area contributed by atoms with E-state index in [1.165, 1.54) is 24.3 Å². The van der Waals surface area contributed by atoms with Gasteiger partial charge in [0.25, 0.3) is 15.0 Å². The Morgan fingerprint density at radius 3 is 2.33 bits per heavy atom. The Morgan fingerprint density at radius 1 is 1.14 bits per heavy atom. The number of benzene rings is 1. The fraction of sp³-hybridized carbons (Fsp3) is 0.533. The summed E-state index contributed by atoms with van der Waals surface area (Å²) in [5.74, 6) is -0.0498. The molecule has 0 unspecified atom stereocenters. The molecule has 0 saturated carbocycles. The highest BCUT2D eigenvalue weighted by molar-refractivity contribution is 8.13. The summed E-state index contributed by atoms with van der Waals surface area (Å²) in [4.78, 5) is 14.3. The molecule has 0 aromatic heterocycles. The van der Waals surface area contributed by atoms with Gasteiger partial charge in [-0.25, -0.2) is 8.42 Å². The lowest BCUT2D eigenvalue weighted by Gasteiger charge is -2.23. The molecule has 1 fully saturated rings. The maximum Gasteiger partial charge on any atom is 0.261 e. The topological polar surface area (TPSA) is 54.5 Å². The molecule has 6 heteroatoms. The predicted octanol–water partition coefficient (Wildman–Crippen LogP) is 3.27. The minimum atomic E-state index is -3.74. The highest BCUT2D eigenvalue weighted by Gasteiger charge is 2.26. The van der Waals surface area contributed by atoms with E-state index >= 15 is 0 Å². The van der Waals surface area contributed by atoms with E-state index in [0.29, 0.717) is 5.56 Å². The highest BCUT2D eigenvalue weighted by atomic mass is 35.7. The van der Waals surface area contributed by atoms with Crippen LogP contribution in [0.25, 0.3) is 0 Å². The fourth-order valence-electron chi connectivity index (χ4n) is 2.57. The molecule has 0 atom stereocenters. The third kappa shape index (κ3) is 4.20.